The minimum Gasteiger partial charge on any atom is -0.414 e. The van der Waals surface area contributed by atoms with Crippen LogP contribution < -0.4 is 0 Å². The van der Waals surface area contributed by atoms with Crippen molar-refractivity contribution in [3.63, 3.8) is 0 Å². The molecule has 82 valence electrons. The van der Waals surface area contributed by atoms with Crippen LogP contribution in [0.4, 0.5) is 0 Å². The number of hydrogen-bond donors (Lipinski definition) is 0. The second-order valence-electron chi connectivity index (χ2n) is 4.82. The van der Waals surface area contributed by atoms with E-state index in [1.54, 1.807) is 0 Å². The van der Waals surface area contributed by atoms with E-state index in [2.05, 4.69) is 20.0 Å². The molecule has 0 N–H and O–H groups in total. The molecule has 0 aromatic heterocycles. The van der Waals surface area contributed by atoms with E-state index >= 15 is 0 Å². The first-order chi connectivity index (χ1) is 6.63. The lowest BCUT2D eigenvalue weighted by atomic mass is 9.76. The third-order valence-electron chi connectivity index (χ3n) is 3.39. The summed E-state index contributed by atoms with van der Waals surface area (Å²) in [6, 6.07) is 0. The van der Waals surface area contributed by atoms with Crippen LogP contribution in [0, 0.1) is 11.8 Å². The van der Waals surface area contributed by atoms with Crippen molar-refractivity contribution in [1.82, 2.24) is 0 Å². The van der Waals surface area contributed by atoms with Gasteiger partial charge in [0.25, 0.3) is 0 Å². The molecule has 2 aliphatic heterocycles. The molecule has 0 unspecified atom stereocenters. The maximum atomic E-state index is 6.22. The molecule has 2 aliphatic rings. The molecule has 0 spiro atoms. The van der Waals surface area contributed by atoms with Crippen molar-refractivity contribution >= 4 is 9.04 Å². The summed E-state index contributed by atoms with van der Waals surface area (Å²) < 4.78 is 16.8. The van der Waals surface area contributed by atoms with Gasteiger partial charge in [-0.2, -0.15) is 0 Å². The minimum absolute atomic E-state index is 0.0247. The molecule has 14 heavy (non-hydrogen) atoms. The molecule has 0 amide bonds. The van der Waals surface area contributed by atoms with E-state index < -0.39 is 9.04 Å². The zero-order valence-corrected chi connectivity index (χ0v) is 10.4. The van der Waals surface area contributed by atoms with E-state index in [4.69, 9.17) is 13.9 Å². The van der Waals surface area contributed by atoms with Crippen molar-refractivity contribution < 1.29 is 13.9 Å². The molecule has 0 saturated carbocycles. The summed E-state index contributed by atoms with van der Waals surface area (Å²) in [5, 5.41) is 0. The van der Waals surface area contributed by atoms with Gasteiger partial charge in [0.2, 0.25) is 0 Å². The van der Waals surface area contributed by atoms with Gasteiger partial charge in [-0.25, -0.2) is 0 Å². The van der Waals surface area contributed by atoms with E-state index in [9.17, 15) is 0 Å². The predicted molar refractivity (Wildman–Crippen MR) is 57.0 cm³/mol. The Kier molecular flexibility index (Phi) is 2.97. The normalized spacial score (nSPS) is 24.9. The van der Waals surface area contributed by atoms with Crippen LogP contribution in [0.5, 0.6) is 0 Å². The van der Waals surface area contributed by atoms with Gasteiger partial charge in [-0.3, -0.25) is 0 Å². The van der Waals surface area contributed by atoms with Crippen LogP contribution in [0.15, 0.2) is 0 Å². The molecule has 0 aromatic rings. The Hall–Kier alpha value is 0.0969. The topological polar surface area (TPSA) is 27.7 Å². The predicted octanol–water partition coefficient (Wildman–Crippen LogP) is 1.04. The quantitative estimate of drug-likeness (QED) is 0.657. The summed E-state index contributed by atoms with van der Waals surface area (Å²) >= 11 is 0. The molecular formula is C10H20O3Si. The van der Waals surface area contributed by atoms with Gasteiger partial charge >= 0.3 is 0 Å². The molecule has 0 aromatic carbocycles. The number of ether oxygens (including phenoxy) is 2. The Morgan fingerprint density at radius 3 is 1.71 bits per heavy atom. The molecule has 2 saturated heterocycles. The van der Waals surface area contributed by atoms with Crippen LogP contribution in [-0.4, -0.2) is 41.1 Å². The highest BCUT2D eigenvalue weighted by Gasteiger charge is 2.48. The largest absolute Gasteiger partial charge is 0.414 e. The maximum Gasteiger partial charge on any atom is 0.171 e. The Bertz CT molecular complexity index is 186. The fraction of sp³-hybridized carbons (Fsp3) is 1.00. The van der Waals surface area contributed by atoms with E-state index in [1.165, 1.54) is 0 Å². The van der Waals surface area contributed by atoms with Crippen molar-refractivity contribution in [3.05, 3.63) is 0 Å². The average molecular weight is 216 g/mol. The van der Waals surface area contributed by atoms with Gasteiger partial charge in [0.1, 0.15) is 0 Å². The third-order valence-corrected chi connectivity index (χ3v) is 4.37. The Labute approximate surface area is 87.5 Å². The molecule has 0 aliphatic carbocycles. The van der Waals surface area contributed by atoms with E-state index in [-0.39, 0.29) is 5.60 Å². The molecule has 2 rings (SSSR count). The van der Waals surface area contributed by atoms with Gasteiger partial charge in [0.05, 0.1) is 32.0 Å². The van der Waals surface area contributed by atoms with Crippen molar-refractivity contribution in [3.8, 4) is 0 Å². The first-order valence-electron chi connectivity index (χ1n) is 5.46. The SMILES string of the molecule is C[SiH](C)OC(C)(C1COC1)C1COC1. The first kappa shape index (κ1) is 10.6. The van der Waals surface area contributed by atoms with Crippen LogP contribution in [0.2, 0.25) is 13.1 Å². The van der Waals surface area contributed by atoms with E-state index in [0.717, 1.165) is 26.4 Å². The summed E-state index contributed by atoms with van der Waals surface area (Å²) in [5.41, 5.74) is 0.0247. The standard InChI is InChI=1S/C10H20O3Si/c1-10(13-14(2)3,8-4-11-5-8)9-6-12-7-9/h8-9,14H,4-7H2,1-3H3. The zero-order chi connectivity index (χ0) is 10.2. The van der Waals surface area contributed by atoms with Crippen LogP contribution in [0.1, 0.15) is 6.92 Å². The molecule has 0 radical (unpaired) electrons. The van der Waals surface area contributed by atoms with Crippen LogP contribution in [0.3, 0.4) is 0 Å². The number of rotatable bonds is 4. The summed E-state index contributed by atoms with van der Waals surface area (Å²) in [6.45, 7) is 10.2. The van der Waals surface area contributed by atoms with Crippen LogP contribution in [0.25, 0.3) is 0 Å². The maximum absolute atomic E-state index is 6.22. The van der Waals surface area contributed by atoms with E-state index in [1.807, 2.05) is 0 Å². The van der Waals surface area contributed by atoms with Crippen molar-refractivity contribution in [2.75, 3.05) is 26.4 Å². The average Bonchev–Trinajstić information content (AvgIpc) is 1.71. The third kappa shape index (κ3) is 1.76. The lowest BCUT2D eigenvalue weighted by Crippen LogP contribution is -2.59. The lowest BCUT2D eigenvalue weighted by Gasteiger charge is -2.51. The highest BCUT2D eigenvalue weighted by molar-refractivity contribution is 6.48. The zero-order valence-electron chi connectivity index (χ0n) is 9.29. The van der Waals surface area contributed by atoms with Gasteiger partial charge in [-0.1, -0.05) is 0 Å². The van der Waals surface area contributed by atoms with E-state index in [0.29, 0.717) is 11.8 Å². The minimum atomic E-state index is -0.979. The summed E-state index contributed by atoms with van der Waals surface area (Å²) in [5.74, 6) is 1.18. The smallest absolute Gasteiger partial charge is 0.171 e. The van der Waals surface area contributed by atoms with Gasteiger partial charge in [-0.05, 0) is 20.0 Å². The molecule has 0 bridgehead atoms. The van der Waals surface area contributed by atoms with Crippen LogP contribution >= 0.6 is 0 Å². The summed E-state index contributed by atoms with van der Waals surface area (Å²) in [6.07, 6.45) is 0. The molecule has 3 nitrogen and oxygen atoms in total. The summed E-state index contributed by atoms with van der Waals surface area (Å²) in [7, 11) is -0.979. The fourth-order valence-electron chi connectivity index (χ4n) is 2.17. The highest BCUT2D eigenvalue weighted by atomic mass is 28.3. The monoisotopic (exact) mass is 216 g/mol. The second kappa shape index (κ2) is 3.93. The lowest BCUT2D eigenvalue weighted by molar-refractivity contribution is -0.201. The molecular weight excluding hydrogens is 196 g/mol. The highest BCUT2D eigenvalue weighted by Crippen LogP contribution is 2.39. The Morgan fingerprint density at radius 2 is 1.50 bits per heavy atom. The first-order valence-corrected chi connectivity index (χ1v) is 8.24. The Balaban J connectivity index is 2.01. The second-order valence-corrected chi connectivity index (χ2v) is 7.15. The Morgan fingerprint density at radius 1 is 1.07 bits per heavy atom. The number of hydrogen-bond acceptors (Lipinski definition) is 3. The van der Waals surface area contributed by atoms with Gasteiger partial charge in [-0.15, -0.1) is 0 Å². The van der Waals surface area contributed by atoms with Crippen molar-refractivity contribution in [1.29, 1.82) is 0 Å². The molecule has 2 fully saturated rings. The van der Waals surface area contributed by atoms with Crippen LogP contribution in [-0.2, 0) is 13.9 Å². The van der Waals surface area contributed by atoms with Gasteiger partial charge in [0.15, 0.2) is 9.04 Å². The molecule has 2 heterocycles. The molecule has 0 atom stereocenters. The fourth-order valence-corrected chi connectivity index (χ4v) is 3.57. The molecule has 4 heteroatoms. The van der Waals surface area contributed by atoms with Gasteiger partial charge in [0, 0.05) is 11.8 Å². The summed E-state index contributed by atoms with van der Waals surface area (Å²) in [4.78, 5) is 0. The van der Waals surface area contributed by atoms with Crippen molar-refractivity contribution in [2.45, 2.75) is 25.6 Å². The van der Waals surface area contributed by atoms with Gasteiger partial charge < -0.3 is 13.9 Å². The van der Waals surface area contributed by atoms with Crippen molar-refractivity contribution in [2.24, 2.45) is 11.8 Å².